The zero-order valence-corrected chi connectivity index (χ0v) is 19.5. The van der Waals surface area contributed by atoms with Crippen molar-refractivity contribution in [2.75, 3.05) is 6.61 Å². The van der Waals surface area contributed by atoms with Crippen LogP contribution < -0.4 is 21.5 Å². The number of hydrogen-bond donors (Lipinski definition) is 4. The molecule has 0 aliphatic rings. The molecule has 3 rings (SSSR count). The normalized spacial score (nSPS) is 11.6. The third kappa shape index (κ3) is 5.69. The Kier molecular flexibility index (Phi) is 8.05. The van der Waals surface area contributed by atoms with Crippen molar-refractivity contribution in [3.05, 3.63) is 65.4 Å². The highest BCUT2D eigenvalue weighted by atomic mass is 16.5. The van der Waals surface area contributed by atoms with Crippen LogP contribution in [0.4, 0.5) is 0 Å². The maximum absolute atomic E-state index is 12.9. The summed E-state index contributed by atoms with van der Waals surface area (Å²) in [4.78, 5) is 59.5. The van der Waals surface area contributed by atoms with E-state index in [2.05, 4.69) is 5.32 Å². The molecule has 0 fully saturated rings. The molecule has 0 aliphatic carbocycles. The second-order valence-corrected chi connectivity index (χ2v) is 8.01. The van der Waals surface area contributed by atoms with Gasteiger partial charge in [0.1, 0.15) is 11.8 Å². The predicted octanol–water partition coefficient (Wildman–Crippen LogP) is 0.744. The van der Waals surface area contributed by atoms with Gasteiger partial charge in [0.2, 0.25) is 5.91 Å². The van der Waals surface area contributed by atoms with Crippen molar-refractivity contribution in [3.8, 4) is 5.75 Å². The monoisotopic (exact) mass is 494 g/mol. The first-order chi connectivity index (χ1) is 17.1. The Balaban J connectivity index is 2.02. The van der Waals surface area contributed by atoms with Gasteiger partial charge in [0, 0.05) is 12.2 Å². The Morgan fingerprint density at radius 1 is 1.03 bits per heavy atom. The second kappa shape index (κ2) is 11.2. The summed E-state index contributed by atoms with van der Waals surface area (Å²) < 4.78 is 7.55. The molecule has 0 bridgehead atoms. The van der Waals surface area contributed by atoms with E-state index in [0.717, 1.165) is 5.56 Å². The first-order valence-corrected chi connectivity index (χ1v) is 11.1. The van der Waals surface area contributed by atoms with Gasteiger partial charge in [-0.1, -0.05) is 43.3 Å². The minimum atomic E-state index is -1.51. The minimum Gasteiger partial charge on any atom is -0.483 e. The number of Topliss-reactive ketones (excluding diaryl/α,β-unsaturated/α-hetero) is 1. The van der Waals surface area contributed by atoms with Crippen molar-refractivity contribution in [1.82, 2.24) is 9.88 Å². The summed E-state index contributed by atoms with van der Waals surface area (Å²) in [5, 5.41) is 11.7. The van der Waals surface area contributed by atoms with Crippen LogP contribution in [0.5, 0.6) is 5.75 Å². The Morgan fingerprint density at radius 3 is 2.31 bits per heavy atom. The number of carbonyl (C=O) groups is 5. The Morgan fingerprint density at radius 2 is 1.72 bits per heavy atom. The lowest BCUT2D eigenvalue weighted by Crippen LogP contribution is -2.45. The second-order valence-electron chi connectivity index (χ2n) is 8.01. The number of aliphatic carboxylic acids is 1. The van der Waals surface area contributed by atoms with Crippen LogP contribution >= 0.6 is 0 Å². The van der Waals surface area contributed by atoms with E-state index in [4.69, 9.17) is 16.2 Å². The van der Waals surface area contributed by atoms with Gasteiger partial charge < -0.3 is 31.2 Å². The van der Waals surface area contributed by atoms with Gasteiger partial charge in [-0.2, -0.15) is 0 Å². The van der Waals surface area contributed by atoms with Crippen molar-refractivity contribution < 1.29 is 33.8 Å². The molecule has 36 heavy (non-hydrogen) atoms. The van der Waals surface area contributed by atoms with E-state index in [0.29, 0.717) is 29.6 Å². The predicted molar refractivity (Wildman–Crippen MR) is 129 cm³/mol. The lowest BCUT2D eigenvalue weighted by molar-refractivity contribution is -0.143. The van der Waals surface area contributed by atoms with E-state index in [1.54, 1.807) is 12.1 Å². The van der Waals surface area contributed by atoms with Crippen LogP contribution in [0.1, 0.15) is 35.0 Å². The van der Waals surface area contributed by atoms with E-state index in [1.165, 1.54) is 6.07 Å². The lowest BCUT2D eigenvalue weighted by atomic mass is 10.0. The number of nitrogens with one attached hydrogen (secondary N) is 1. The Hall–Kier alpha value is -4.67. The first kappa shape index (κ1) is 25.9. The molecule has 3 aromatic rings. The molecular formula is C25H26N4O7. The van der Waals surface area contributed by atoms with E-state index in [9.17, 15) is 29.1 Å². The number of fused-ring (bicyclic) bond motifs is 1. The number of ketones is 1. The number of carboxylic acid groups (broad SMARTS) is 1. The molecule has 0 aliphatic heterocycles. The summed E-state index contributed by atoms with van der Waals surface area (Å²) >= 11 is 0. The van der Waals surface area contributed by atoms with Crippen molar-refractivity contribution in [3.63, 3.8) is 0 Å². The highest BCUT2D eigenvalue weighted by molar-refractivity contribution is 6.45. The van der Waals surface area contributed by atoms with Gasteiger partial charge in [-0.3, -0.25) is 19.2 Å². The van der Waals surface area contributed by atoms with Crippen LogP contribution in [0, 0.1) is 0 Å². The topological polar surface area (TPSA) is 184 Å². The number of nitrogens with zero attached hydrogens (tertiary/aromatic N) is 1. The van der Waals surface area contributed by atoms with Gasteiger partial charge in [-0.25, -0.2) is 4.79 Å². The molecule has 11 nitrogen and oxygen atoms in total. The number of rotatable bonds is 12. The SMILES string of the molecule is CCc1c(C(=O)C(N)=O)c2c(OCC(=O)N[C@@H](CC(N)=O)C(=O)O)cccc2n1Cc1ccccc1. The standard InChI is InChI=1S/C25H26N4O7/c1-2-16-22(23(32)24(27)33)21-17(29(16)12-14-7-4-3-5-8-14)9-6-10-18(21)36-13-20(31)28-15(25(34)35)11-19(26)30/h3-10,15H,2,11-13H2,1H3,(H2,26,30)(H2,27,33)(H,28,31)(H,34,35)/t15-/m0/s1. The number of carboxylic acids is 1. The lowest BCUT2D eigenvalue weighted by Gasteiger charge is -2.14. The van der Waals surface area contributed by atoms with E-state index in [-0.39, 0.29) is 11.3 Å². The third-order valence-corrected chi connectivity index (χ3v) is 5.53. The van der Waals surface area contributed by atoms with Crippen LogP contribution in [0.25, 0.3) is 10.9 Å². The molecule has 2 aromatic carbocycles. The van der Waals surface area contributed by atoms with Gasteiger partial charge in [0.05, 0.1) is 22.9 Å². The average molecular weight is 495 g/mol. The van der Waals surface area contributed by atoms with E-state index in [1.807, 2.05) is 41.8 Å². The van der Waals surface area contributed by atoms with Crippen LogP contribution in [0.15, 0.2) is 48.5 Å². The molecule has 1 aromatic heterocycles. The first-order valence-electron chi connectivity index (χ1n) is 11.1. The van der Waals surface area contributed by atoms with Crippen molar-refractivity contribution in [1.29, 1.82) is 0 Å². The van der Waals surface area contributed by atoms with Crippen LogP contribution in [0.2, 0.25) is 0 Å². The fourth-order valence-corrected chi connectivity index (χ4v) is 4.00. The summed E-state index contributed by atoms with van der Waals surface area (Å²) in [5.74, 6) is -5.03. The zero-order valence-electron chi connectivity index (χ0n) is 19.5. The van der Waals surface area contributed by atoms with Crippen LogP contribution in [-0.4, -0.2) is 51.8 Å². The zero-order chi connectivity index (χ0) is 26.4. The number of carbonyl (C=O) groups excluding carboxylic acids is 4. The van der Waals surface area contributed by atoms with E-state index < -0.39 is 48.5 Å². The fourth-order valence-electron chi connectivity index (χ4n) is 4.00. The van der Waals surface area contributed by atoms with Gasteiger partial charge in [-0.15, -0.1) is 0 Å². The molecule has 6 N–H and O–H groups in total. The molecule has 1 heterocycles. The molecular weight excluding hydrogens is 468 g/mol. The van der Waals surface area contributed by atoms with Gasteiger partial charge in [-0.05, 0) is 24.1 Å². The molecule has 188 valence electrons. The maximum Gasteiger partial charge on any atom is 0.326 e. The van der Waals surface area contributed by atoms with Crippen molar-refractivity contribution >= 4 is 40.4 Å². The number of benzene rings is 2. The maximum atomic E-state index is 12.9. The highest BCUT2D eigenvalue weighted by Gasteiger charge is 2.28. The van der Waals surface area contributed by atoms with Gasteiger partial charge in [0.15, 0.2) is 6.61 Å². The highest BCUT2D eigenvalue weighted by Crippen LogP contribution is 2.35. The number of amides is 3. The van der Waals surface area contributed by atoms with Crippen molar-refractivity contribution in [2.24, 2.45) is 11.5 Å². The molecule has 0 spiro atoms. The smallest absolute Gasteiger partial charge is 0.326 e. The third-order valence-electron chi connectivity index (χ3n) is 5.53. The van der Waals surface area contributed by atoms with Gasteiger partial charge >= 0.3 is 5.97 Å². The minimum absolute atomic E-state index is 0.0871. The van der Waals surface area contributed by atoms with Crippen LogP contribution in [0.3, 0.4) is 0 Å². The summed E-state index contributed by atoms with van der Waals surface area (Å²) in [6, 6.07) is 13.0. The van der Waals surface area contributed by atoms with Crippen LogP contribution in [-0.2, 0) is 32.1 Å². The number of hydrogen-bond acceptors (Lipinski definition) is 6. The fraction of sp³-hybridized carbons (Fsp3) is 0.240. The average Bonchev–Trinajstić information content (AvgIpc) is 3.15. The summed E-state index contributed by atoms with van der Waals surface area (Å²) in [6.07, 6.45) is -0.181. The molecule has 3 amide bonds. The Bertz CT molecular complexity index is 1330. The number of nitrogens with two attached hydrogens (primary N) is 2. The Labute approximate surface area is 206 Å². The molecule has 11 heteroatoms. The summed E-state index contributed by atoms with van der Waals surface area (Å²) in [7, 11) is 0. The molecule has 1 atom stereocenters. The van der Waals surface area contributed by atoms with E-state index >= 15 is 0 Å². The molecule has 0 radical (unpaired) electrons. The largest absolute Gasteiger partial charge is 0.483 e. The number of aromatic nitrogens is 1. The number of primary amides is 2. The number of ether oxygens (including phenoxy) is 1. The molecule has 0 unspecified atom stereocenters. The van der Waals surface area contributed by atoms with Gasteiger partial charge in [0.25, 0.3) is 17.6 Å². The molecule has 0 saturated carbocycles. The quantitative estimate of drug-likeness (QED) is 0.211. The summed E-state index contributed by atoms with van der Waals surface area (Å²) in [5.41, 5.74) is 12.6. The summed E-state index contributed by atoms with van der Waals surface area (Å²) in [6.45, 7) is 1.63. The molecule has 0 saturated heterocycles. The van der Waals surface area contributed by atoms with Crippen molar-refractivity contribution in [2.45, 2.75) is 32.4 Å².